The summed E-state index contributed by atoms with van der Waals surface area (Å²) < 4.78 is 1.82. The number of carbonyl (C=O) groups excluding carboxylic acids is 1. The number of hydrogen-bond donors (Lipinski definition) is 1. The van der Waals surface area contributed by atoms with E-state index in [2.05, 4.69) is 10.2 Å². The van der Waals surface area contributed by atoms with E-state index in [9.17, 15) is 4.79 Å². The van der Waals surface area contributed by atoms with Gasteiger partial charge >= 0.3 is 0 Å². The topological polar surface area (TPSA) is 73.8 Å². The van der Waals surface area contributed by atoms with Crippen LogP contribution in [-0.4, -0.2) is 26.4 Å². The van der Waals surface area contributed by atoms with Crippen molar-refractivity contribution in [1.29, 1.82) is 0 Å². The van der Waals surface area contributed by atoms with Crippen LogP contribution in [0.4, 0.5) is 0 Å². The van der Waals surface area contributed by atoms with Crippen LogP contribution in [0.15, 0.2) is 35.7 Å². The first kappa shape index (κ1) is 12.9. The van der Waals surface area contributed by atoms with Gasteiger partial charge in [0.25, 0.3) is 0 Å². The van der Waals surface area contributed by atoms with Crippen molar-refractivity contribution in [3.63, 3.8) is 0 Å². The van der Waals surface area contributed by atoms with Gasteiger partial charge in [0.2, 0.25) is 5.91 Å². The molecule has 1 aromatic carbocycles. The summed E-state index contributed by atoms with van der Waals surface area (Å²) in [6.07, 6.45) is 1.92. The quantitative estimate of drug-likeness (QED) is 0.850. The molecule has 0 atom stereocenters. The molecule has 0 radical (unpaired) electrons. The van der Waals surface area contributed by atoms with Crippen molar-refractivity contribution in [2.45, 2.75) is 11.6 Å². The maximum absolute atomic E-state index is 10.7. The summed E-state index contributed by atoms with van der Waals surface area (Å²) in [5, 5.41) is 9.21. The Morgan fingerprint density at radius 3 is 3.06 bits per heavy atom. The molecule has 0 unspecified atom stereocenters. The van der Waals surface area contributed by atoms with Gasteiger partial charge in [0.05, 0.1) is 5.69 Å². The summed E-state index contributed by atoms with van der Waals surface area (Å²) in [4.78, 5) is 10.7. The van der Waals surface area contributed by atoms with Gasteiger partial charge in [0, 0.05) is 17.2 Å². The average molecular weight is 283 g/mol. The van der Waals surface area contributed by atoms with E-state index in [1.807, 2.05) is 22.8 Å². The largest absolute Gasteiger partial charge is 0.370 e. The van der Waals surface area contributed by atoms with E-state index in [1.165, 1.54) is 11.8 Å². The molecule has 0 aliphatic carbocycles. The second-order valence-corrected chi connectivity index (χ2v) is 5.03. The number of nitrogens with zero attached hydrogens (tertiary/aromatic N) is 3. The highest BCUT2D eigenvalue weighted by atomic mass is 35.5. The molecule has 0 spiro atoms. The number of amides is 1. The zero-order valence-electron chi connectivity index (χ0n) is 9.41. The Labute approximate surface area is 113 Å². The number of carbonyl (C=O) groups is 1. The van der Waals surface area contributed by atoms with Crippen LogP contribution in [0.25, 0.3) is 5.69 Å². The number of benzene rings is 1. The molecule has 1 aromatic heterocycles. The molecule has 2 N–H and O–H groups in total. The highest BCUT2D eigenvalue weighted by Gasteiger charge is 2.07. The van der Waals surface area contributed by atoms with Gasteiger partial charge in [-0.2, -0.15) is 0 Å². The van der Waals surface area contributed by atoms with Crippen LogP contribution >= 0.6 is 23.4 Å². The minimum absolute atomic E-state index is 0.313. The molecule has 94 valence electrons. The van der Waals surface area contributed by atoms with E-state index in [1.54, 1.807) is 12.4 Å². The number of nitrogens with two attached hydrogens (primary N) is 1. The first-order valence-corrected chi connectivity index (χ1v) is 6.60. The molecule has 5 nitrogen and oxygen atoms in total. The summed E-state index contributed by atoms with van der Waals surface area (Å²) >= 11 is 7.37. The van der Waals surface area contributed by atoms with Crippen molar-refractivity contribution in [3.8, 4) is 5.69 Å². The van der Waals surface area contributed by atoms with Crippen molar-refractivity contribution in [3.05, 3.63) is 35.6 Å². The second kappa shape index (κ2) is 5.88. The fraction of sp³-hybridized carbons (Fsp3) is 0.182. The Hall–Kier alpha value is -1.53. The molecule has 2 aromatic rings. The van der Waals surface area contributed by atoms with Crippen molar-refractivity contribution in [2.24, 2.45) is 5.73 Å². The predicted molar refractivity (Wildman–Crippen MR) is 70.9 cm³/mol. The lowest BCUT2D eigenvalue weighted by molar-refractivity contribution is -0.117. The molecular weight excluding hydrogens is 272 g/mol. The van der Waals surface area contributed by atoms with Gasteiger partial charge in [-0.15, -0.1) is 10.2 Å². The molecule has 0 saturated carbocycles. The summed E-state index contributed by atoms with van der Waals surface area (Å²) in [7, 11) is 0. The van der Waals surface area contributed by atoms with Crippen molar-refractivity contribution >= 4 is 29.3 Å². The van der Waals surface area contributed by atoms with Crippen molar-refractivity contribution in [2.75, 3.05) is 5.75 Å². The first-order valence-electron chi connectivity index (χ1n) is 5.24. The van der Waals surface area contributed by atoms with Crippen LogP contribution in [0.5, 0.6) is 0 Å². The zero-order valence-corrected chi connectivity index (χ0v) is 11.0. The third-order valence-electron chi connectivity index (χ3n) is 2.18. The highest BCUT2D eigenvalue weighted by molar-refractivity contribution is 7.99. The molecule has 7 heteroatoms. The third-order valence-corrected chi connectivity index (χ3v) is 3.36. The Morgan fingerprint density at radius 1 is 1.50 bits per heavy atom. The van der Waals surface area contributed by atoms with Gasteiger partial charge in [-0.3, -0.25) is 9.36 Å². The fourth-order valence-electron chi connectivity index (χ4n) is 1.37. The number of rotatable bonds is 5. The second-order valence-electron chi connectivity index (χ2n) is 3.53. The van der Waals surface area contributed by atoms with Crippen LogP contribution in [0.1, 0.15) is 6.42 Å². The highest BCUT2D eigenvalue weighted by Crippen LogP contribution is 2.21. The zero-order chi connectivity index (χ0) is 13.0. The van der Waals surface area contributed by atoms with Crippen LogP contribution < -0.4 is 5.73 Å². The smallest absolute Gasteiger partial charge is 0.218 e. The lowest BCUT2D eigenvalue weighted by Crippen LogP contribution is -2.11. The van der Waals surface area contributed by atoms with E-state index >= 15 is 0 Å². The summed E-state index contributed by atoms with van der Waals surface area (Å²) in [5.41, 5.74) is 5.97. The predicted octanol–water partition coefficient (Wildman–Crippen LogP) is 1.89. The maximum atomic E-state index is 10.7. The molecule has 0 aliphatic rings. The van der Waals surface area contributed by atoms with E-state index < -0.39 is 0 Å². The molecule has 1 amide bonds. The average Bonchev–Trinajstić information content (AvgIpc) is 2.77. The molecule has 1 heterocycles. The van der Waals surface area contributed by atoms with Gasteiger partial charge in [-0.1, -0.05) is 29.4 Å². The van der Waals surface area contributed by atoms with Crippen molar-refractivity contribution in [1.82, 2.24) is 14.8 Å². The third kappa shape index (κ3) is 3.24. The maximum Gasteiger partial charge on any atom is 0.218 e. The van der Waals surface area contributed by atoms with E-state index in [0.717, 1.165) is 5.69 Å². The Balaban J connectivity index is 2.15. The minimum Gasteiger partial charge on any atom is -0.370 e. The number of primary amides is 1. The van der Waals surface area contributed by atoms with E-state index in [-0.39, 0.29) is 5.91 Å². The molecule has 0 saturated heterocycles. The van der Waals surface area contributed by atoms with Gasteiger partial charge in [0.1, 0.15) is 6.33 Å². The molecular formula is C11H11ClN4OS. The van der Waals surface area contributed by atoms with E-state index in [0.29, 0.717) is 22.4 Å². The van der Waals surface area contributed by atoms with Crippen LogP contribution in [0.2, 0.25) is 5.02 Å². The molecule has 0 fully saturated rings. The van der Waals surface area contributed by atoms with Gasteiger partial charge in [-0.05, 0) is 18.2 Å². The van der Waals surface area contributed by atoms with Crippen LogP contribution in [-0.2, 0) is 4.79 Å². The summed E-state index contributed by atoms with van der Waals surface area (Å²) in [6, 6.07) is 7.39. The molecule has 2 rings (SSSR count). The molecule has 0 aliphatic heterocycles. The number of aromatic nitrogens is 3. The van der Waals surface area contributed by atoms with Gasteiger partial charge in [-0.25, -0.2) is 0 Å². The fourth-order valence-corrected chi connectivity index (χ4v) is 2.44. The van der Waals surface area contributed by atoms with Crippen LogP contribution in [0.3, 0.4) is 0 Å². The molecule has 18 heavy (non-hydrogen) atoms. The lowest BCUT2D eigenvalue weighted by atomic mass is 10.3. The van der Waals surface area contributed by atoms with E-state index in [4.69, 9.17) is 17.3 Å². The van der Waals surface area contributed by atoms with Gasteiger partial charge in [0.15, 0.2) is 5.16 Å². The van der Waals surface area contributed by atoms with Gasteiger partial charge < -0.3 is 5.73 Å². The Bertz CT molecular complexity index is 557. The Kier molecular flexibility index (Phi) is 4.22. The SMILES string of the molecule is NC(=O)CCSc1nncn1-c1cccc(Cl)c1. The molecule has 0 bridgehead atoms. The first-order chi connectivity index (χ1) is 8.66. The minimum atomic E-state index is -0.323. The number of hydrogen-bond acceptors (Lipinski definition) is 4. The standard InChI is InChI=1S/C11H11ClN4OS/c12-8-2-1-3-9(6-8)16-7-14-15-11(16)18-5-4-10(13)17/h1-3,6-7H,4-5H2,(H2,13,17). The monoisotopic (exact) mass is 282 g/mol. The van der Waals surface area contributed by atoms with Crippen molar-refractivity contribution < 1.29 is 4.79 Å². The summed E-state index contributed by atoms with van der Waals surface area (Å²) in [5.74, 6) is 0.255. The summed E-state index contributed by atoms with van der Waals surface area (Å²) in [6.45, 7) is 0. The Morgan fingerprint density at radius 2 is 2.33 bits per heavy atom. The van der Waals surface area contributed by atoms with Crippen LogP contribution in [0, 0.1) is 0 Å². The number of thioether (sulfide) groups is 1. The lowest BCUT2D eigenvalue weighted by Gasteiger charge is -2.05. The normalized spacial score (nSPS) is 10.5. The number of halogens is 1.